The van der Waals surface area contributed by atoms with Gasteiger partial charge in [0.05, 0.1) is 0 Å². The van der Waals surface area contributed by atoms with Crippen LogP contribution in [0, 0.1) is 0 Å². The van der Waals surface area contributed by atoms with Crippen LogP contribution in [0.25, 0.3) is 0 Å². The molecular weight excluding hydrogens is 176 g/mol. The highest BCUT2D eigenvalue weighted by atomic mass is 16.1. The number of nitrogens with one attached hydrogen (secondary N) is 1. The van der Waals surface area contributed by atoms with Gasteiger partial charge in [0.1, 0.15) is 5.71 Å². The molecule has 0 saturated carbocycles. The van der Waals surface area contributed by atoms with Gasteiger partial charge in [-0.25, -0.2) is 4.99 Å². The molecule has 14 heavy (non-hydrogen) atoms. The molecule has 0 aliphatic carbocycles. The van der Waals surface area contributed by atoms with E-state index >= 15 is 0 Å². The number of nitrogens with zero attached hydrogens (tertiary/aromatic N) is 1. The van der Waals surface area contributed by atoms with Crippen LogP contribution >= 0.6 is 0 Å². The van der Waals surface area contributed by atoms with Crippen LogP contribution in [0.15, 0.2) is 28.9 Å². The predicted molar refractivity (Wildman–Crippen MR) is 60.4 cm³/mol. The molecule has 0 aromatic rings. The van der Waals surface area contributed by atoms with Crippen molar-refractivity contribution in [3.05, 3.63) is 23.9 Å². The molecule has 0 aliphatic rings. The highest BCUT2D eigenvalue weighted by Gasteiger charge is 2.04. The summed E-state index contributed by atoms with van der Waals surface area (Å²) in [6.07, 6.45) is 6.41. The van der Waals surface area contributed by atoms with E-state index in [4.69, 9.17) is 0 Å². The summed E-state index contributed by atoms with van der Waals surface area (Å²) in [6, 6.07) is 0. The van der Waals surface area contributed by atoms with E-state index in [2.05, 4.69) is 10.3 Å². The molecule has 0 radical (unpaired) electrons. The second kappa shape index (κ2) is 7.06. The first-order chi connectivity index (χ1) is 6.65. The average molecular weight is 194 g/mol. The zero-order chi connectivity index (χ0) is 11.0. The number of hydrogen-bond acceptors (Lipinski definition) is 2. The van der Waals surface area contributed by atoms with Crippen molar-refractivity contribution in [1.82, 2.24) is 5.32 Å². The quantitative estimate of drug-likeness (QED) is 0.684. The summed E-state index contributed by atoms with van der Waals surface area (Å²) in [6.45, 7) is 5.77. The van der Waals surface area contributed by atoms with Crippen molar-refractivity contribution in [2.75, 3.05) is 7.05 Å². The van der Waals surface area contributed by atoms with Crippen molar-refractivity contribution >= 4 is 11.6 Å². The van der Waals surface area contributed by atoms with Gasteiger partial charge in [-0.3, -0.25) is 4.79 Å². The minimum absolute atomic E-state index is 0.157. The molecule has 0 aromatic carbocycles. The number of amides is 1. The largest absolute Gasteiger partial charge is 0.354 e. The molecule has 0 aromatic heterocycles. The number of carbonyl (C=O) groups excluding carboxylic acids is 1. The second-order valence-electron chi connectivity index (χ2n) is 2.82. The molecule has 3 nitrogen and oxygen atoms in total. The normalized spacial score (nSPS) is 13.4. The molecule has 0 heterocycles. The second-order valence-corrected chi connectivity index (χ2v) is 2.82. The summed E-state index contributed by atoms with van der Waals surface area (Å²) in [5.74, 6) is -0.157. The lowest BCUT2D eigenvalue weighted by Gasteiger charge is -1.99. The Morgan fingerprint density at radius 2 is 2.14 bits per heavy atom. The SMILES string of the molecule is C\C=C(C)/N=C(/C=C/CC)C(=O)NC. The maximum absolute atomic E-state index is 11.3. The lowest BCUT2D eigenvalue weighted by Crippen LogP contribution is -2.26. The Morgan fingerprint density at radius 3 is 2.57 bits per heavy atom. The van der Waals surface area contributed by atoms with Crippen LogP contribution in [0.5, 0.6) is 0 Å². The first-order valence-corrected chi connectivity index (χ1v) is 4.75. The first-order valence-electron chi connectivity index (χ1n) is 4.75. The predicted octanol–water partition coefficient (Wildman–Crippen LogP) is 2.06. The average Bonchev–Trinajstić information content (AvgIpc) is 2.22. The first kappa shape index (κ1) is 12.6. The third-order valence-electron chi connectivity index (χ3n) is 1.69. The molecule has 0 spiro atoms. The van der Waals surface area contributed by atoms with Crippen LogP contribution < -0.4 is 5.32 Å². The van der Waals surface area contributed by atoms with Crippen LogP contribution in [-0.2, 0) is 4.79 Å². The van der Waals surface area contributed by atoms with Crippen LogP contribution in [0.4, 0.5) is 0 Å². The van der Waals surface area contributed by atoms with E-state index in [9.17, 15) is 4.79 Å². The van der Waals surface area contributed by atoms with Crippen molar-refractivity contribution < 1.29 is 4.79 Å². The monoisotopic (exact) mass is 194 g/mol. The van der Waals surface area contributed by atoms with Gasteiger partial charge in [-0.05, 0) is 26.3 Å². The minimum atomic E-state index is -0.157. The molecule has 0 saturated heterocycles. The van der Waals surface area contributed by atoms with Crippen molar-refractivity contribution in [1.29, 1.82) is 0 Å². The van der Waals surface area contributed by atoms with E-state index < -0.39 is 0 Å². The fraction of sp³-hybridized carbons (Fsp3) is 0.455. The maximum Gasteiger partial charge on any atom is 0.269 e. The smallest absolute Gasteiger partial charge is 0.269 e. The Labute approximate surface area is 85.6 Å². The van der Waals surface area contributed by atoms with Crippen LogP contribution in [0.1, 0.15) is 27.2 Å². The lowest BCUT2D eigenvalue weighted by atomic mass is 10.3. The van der Waals surface area contributed by atoms with Gasteiger partial charge in [0, 0.05) is 12.7 Å². The molecule has 0 fully saturated rings. The van der Waals surface area contributed by atoms with Gasteiger partial charge in [0.15, 0.2) is 0 Å². The summed E-state index contributed by atoms with van der Waals surface area (Å²) in [5, 5.41) is 2.56. The van der Waals surface area contributed by atoms with Gasteiger partial charge in [-0.1, -0.05) is 19.1 Å². The van der Waals surface area contributed by atoms with Crippen molar-refractivity contribution in [2.45, 2.75) is 27.2 Å². The Balaban J connectivity index is 4.81. The van der Waals surface area contributed by atoms with Gasteiger partial charge in [-0.2, -0.15) is 0 Å². The Morgan fingerprint density at radius 1 is 1.50 bits per heavy atom. The summed E-state index contributed by atoms with van der Waals surface area (Å²) in [4.78, 5) is 15.5. The number of aliphatic imine (C=N–C) groups is 1. The molecule has 1 N–H and O–H groups in total. The Hall–Kier alpha value is -1.38. The van der Waals surface area contributed by atoms with Gasteiger partial charge < -0.3 is 5.32 Å². The van der Waals surface area contributed by atoms with Crippen LogP contribution in [0.2, 0.25) is 0 Å². The lowest BCUT2D eigenvalue weighted by molar-refractivity contribution is -0.114. The van der Waals surface area contributed by atoms with E-state index in [1.165, 1.54) is 0 Å². The van der Waals surface area contributed by atoms with Crippen molar-refractivity contribution in [3.63, 3.8) is 0 Å². The zero-order valence-electron chi connectivity index (χ0n) is 9.29. The summed E-state index contributed by atoms with van der Waals surface area (Å²) in [5.41, 5.74) is 1.29. The molecule has 0 aliphatic heterocycles. The molecule has 0 atom stereocenters. The third kappa shape index (κ3) is 4.60. The number of hydrogen-bond donors (Lipinski definition) is 1. The van der Waals surface area contributed by atoms with Crippen LogP contribution in [0.3, 0.4) is 0 Å². The Bertz CT molecular complexity index is 275. The summed E-state index contributed by atoms with van der Waals surface area (Å²) < 4.78 is 0. The fourth-order valence-electron chi connectivity index (χ4n) is 0.776. The van der Waals surface area contributed by atoms with Crippen LogP contribution in [-0.4, -0.2) is 18.7 Å². The highest BCUT2D eigenvalue weighted by Crippen LogP contribution is 1.97. The number of carbonyl (C=O) groups is 1. The standard InChI is InChI=1S/C11H18N2O/c1-5-7-8-10(11(14)12-4)13-9(3)6-2/h6-8H,5H2,1-4H3,(H,12,14)/b8-7+,9-6-,13-10-. The third-order valence-corrected chi connectivity index (χ3v) is 1.69. The van der Waals surface area contributed by atoms with E-state index in [1.54, 1.807) is 13.1 Å². The molecule has 1 amide bonds. The molecule has 0 unspecified atom stereocenters. The van der Waals surface area contributed by atoms with E-state index in [0.717, 1.165) is 12.1 Å². The molecule has 3 heteroatoms. The van der Waals surface area contributed by atoms with E-state index in [-0.39, 0.29) is 5.91 Å². The van der Waals surface area contributed by atoms with Crippen molar-refractivity contribution in [2.24, 2.45) is 4.99 Å². The summed E-state index contributed by atoms with van der Waals surface area (Å²) >= 11 is 0. The van der Waals surface area contributed by atoms with Gasteiger partial charge in [0.2, 0.25) is 0 Å². The van der Waals surface area contributed by atoms with E-state index in [0.29, 0.717) is 5.71 Å². The van der Waals surface area contributed by atoms with Gasteiger partial charge in [0.25, 0.3) is 5.91 Å². The minimum Gasteiger partial charge on any atom is -0.354 e. The van der Waals surface area contributed by atoms with Crippen molar-refractivity contribution in [3.8, 4) is 0 Å². The van der Waals surface area contributed by atoms with Gasteiger partial charge >= 0.3 is 0 Å². The topological polar surface area (TPSA) is 41.5 Å². The number of rotatable bonds is 4. The summed E-state index contributed by atoms with van der Waals surface area (Å²) in [7, 11) is 1.60. The van der Waals surface area contributed by atoms with Gasteiger partial charge in [-0.15, -0.1) is 0 Å². The molecule has 0 bridgehead atoms. The molecular formula is C11H18N2O. The maximum atomic E-state index is 11.3. The van der Waals surface area contributed by atoms with E-state index in [1.807, 2.05) is 32.9 Å². The Kier molecular flexibility index (Phi) is 6.37. The number of allylic oxidation sites excluding steroid dienone is 3. The molecule has 78 valence electrons. The zero-order valence-corrected chi connectivity index (χ0v) is 9.29. The molecule has 0 rings (SSSR count). The highest BCUT2D eigenvalue weighted by molar-refractivity contribution is 6.43. The fourth-order valence-corrected chi connectivity index (χ4v) is 0.776.